The quantitative estimate of drug-likeness (QED) is 0.486. The summed E-state index contributed by atoms with van der Waals surface area (Å²) in [6, 6.07) is 16.2. The Balaban J connectivity index is 1.39. The standard InChI is InChI=1S/C24H26N2O4/c27-20-9-13-26(14-10-20)12-4-11-25-23(28)19-7-3-6-17(15-19)21-16-18-5-1-2-8-22(18)30-24(21)29/h1-3,5-8,15-16,20,27H,4,9-14H2,(H,25,28). The average molecular weight is 406 g/mol. The fourth-order valence-corrected chi connectivity index (χ4v) is 3.84. The van der Waals surface area contributed by atoms with Crippen molar-refractivity contribution in [2.24, 2.45) is 0 Å². The number of likely N-dealkylation sites (tertiary alicyclic amines) is 1. The highest BCUT2D eigenvalue weighted by Gasteiger charge is 2.16. The van der Waals surface area contributed by atoms with Gasteiger partial charge in [0.2, 0.25) is 0 Å². The number of hydrogen-bond acceptors (Lipinski definition) is 5. The van der Waals surface area contributed by atoms with Crippen LogP contribution in [0.1, 0.15) is 29.6 Å². The van der Waals surface area contributed by atoms with E-state index in [1.54, 1.807) is 30.3 Å². The minimum atomic E-state index is -0.419. The topological polar surface area (TPSA) is 82.8 Å². The number of rotatable bonds is 6. The molecule has 0 aliphatic carbocycles. The molecule has 1 aliphatic heterocycles. The number of benzene rings is 2. The van der Waals surface area contributed by atoms with Crippen LogP contribution in [0.25, 0.3) is 22.1 Å². The van der Waals surface area contributed by atoms with E-state index < -0.39 is 5.63 Å². The number of hydrogen-bond donors (Lipinski definition) is 2. The molecule has 30 heavy (non-hydrogen) atoms. The summed E-state index contributed by atoms with van der Waals surface area (Å²) in [4.78, 5) is 27.3. The van der Waals surface area contributed by atoms with E-state index in [-0.39, 0.29) is 12.0 Å². The highest BCUT2D eigenvalue weighted by atomic mass is 16.4. The predicted molar refractivity (Wildman–Crippen MR) is 117 cm³/mol. The van der Waals surface area contributed by atoms with Crippen molar-refractivity contribution in [3.63, 3.8) is 0 Å². The maximum atomic E-state index is 12.6. The minimum absolute atomic E-state index is 0.156. The van der Waals surface area contributed by atoms with Gasteiger partial charge >= 0.3 is 5.63 Å². The molecule has 156 valence electrons. The third-order valence-corrected chi connectivity index (χ3v) is 5.57. The molecular weight excluding hydrogens is 380 g/mol. The number of aliphatic hydroxyl groups excluding tert-OH is 1. The molecule has 3 aromatic rings. The van der Waals surface area contributed by atoms with Crippen molar-refractivity contribution in [1.29, 1.82) is 0 Å². The Morgan fingerprint density at radius 1 is 1.10 bits per heavy atom. The Bertz CT molecular complexity index is 1080. The van der Waals surface area contributed by atoms with Crippen molar-refractivity contribution in [1.82, 2.24) is 10.2 Å². The molecule has 1 fully saturated rings. The van der Waals surface area contributed by atoms with E-state index >= 15 is 0 Å². The molecule has 0 spiro atoms. The Morgan fingerprint density at radius 2 is 1.90 bits per heavy atom. The Labute approximate surface area is 175 Å². The number of carbonyl (C=O) groups is 1. The SMILES string of the molecule is O=C(NCCCN1CCC(O)CC1)c1cccc(-c2cc3ccccc3oc2=O)c1. The first kappa shape index (κ1) is 20.3. The predicted octanol–water partition coefficient (Wildman–Crippen LogP) is 3.04. The molecule has 6 nitrogen and oxygen atoms in total. The van der Waals surface area contributed by atoms with Crippen LogP contribution in [0.2, 0.25) is 0 Å². The van der Waals surface area contributed by atoms with Crippen molar-refractivity contribution in [3.8, 4) is 11.1 Å². The third-order valence-electron chi connectivity index (χ3n) is 5.57. The van der Waals surface area contributed by atoms with Crippen LogP contribution in [0.4, 0.5) is 0 Å². The second-order valence-electron chi connectivity index (χ2n) is 7.75. The number of amides is 1. The van der Waals surface area contributed by atoms with Gasteiger partial charge in [-0.25, -0.2) is 4.79 Å². The van der Waals surface area contributed by atoms with Crippen LogP contribution in [0.3, 0.4) is 0 Å². The van der Waals surface area contributed by atoms with Gasteiger partial charge in [-0.15, -0.1) is 0 Å². The summed E-state index contributed by atoms with van der Waals surface area (Å²) in [6.45, 7) is 3.31. The maximum Gasteiger partial charge on any atom is 0.344 e. The van der Waals surface area contributed by atoms with E-state index in [1.807, 2.05) is 24.3 Å². The summed E-state index contributed by atoms with van der Waals surface area (Å²) >= 11 is 0. The average Bonchev–Trinajstić information content (AvgIpc) is 2.77. The van der Waals surface area contributed by atoms with E-state index in [2.05, 4.69) is 10.2 Å². The van der Waals surface area contributed by atoms with Crippen molar-refractivity contribution in [2.75, 3.05) is 26.2 Å². The van der Waals surface area contributed by atoms with E-state index in [9.17, 15) is 14.7 Å². The number of nitrogens with zero attached hydrogens (tertiary/aromatic N) is 1. The lowest BCUT2D eigenvalue weighted by molar-refractivity contribution is 0.0816. The second-order valence-corrected chi connectivity index (χ2v) is 7.75. The number of carbonyl (C=O) groups excluding carboxylic acids is 1. The van der Waals surface area contributed by atoms with Crippen molar-refractivity contribution in [3.05, 3.63) is 70.6 Å². The van der Waals surface area contributed by atoms with Gasteiger partial charge in [-0.2, -0.15) is 0 Å². The van der Waals surface area contributed by atoms with E-state index in [4.69, 9.17) is 4.42 Å². The Morgan fingerprint density at radius 3 is 2.73 bits per heavy atom. The largest absolute Gasteiger partial charge is 0.422 e. The molecule has 4 rings (SSSR count). The molecule has 2 aromatic carbocycles. The van der Waals surface area contributed by atoms with Crippen LogP contribution in [-0.4, -0.2) is 48.2 Å². The first-order chi connectivity index (χ1) is 14.6. The fourth-order valence-electron chi connectivity index (χ4n) is 3.84. The van der Waals surface area contributed by atoms with Crippen molar-refractivity contribution < 1.29 is 14.3 Å². The lowest BCUT2D eigenvalue weighted by atomic mass is 10.0. The zero-order valence-electron chi connectivity index (χ0n) is 16.8. The highest BCUT2D eigenvalue weighted by Crippen LogP contribution is 2.22. The molecular formula is C24H26N2O4. The monoisotopic (exact) mass is 406 g/mol. The molecule has 0 bridgehead atoms. The molecule has 0 radical (unpaired) electrons. The van der Waals surface area contributed by atoms with Crippen LogP contribution in [0.15, 0.2) is 63.8 Å². The first-order valence-electron chi connectivity index (χ1n) is 10.4. The van der Waals surface area contributed by atoms with Crippen LogP contribution in [-0.2, 0) is 0 Å². The maximum absolute atomic E-state index is 12.6. The summed E-state index contributed by atoms with van der Waals surface area (Å²) in [6.07, 6.45) is 2.33. The van der Waals surface area contributed by atoms with Gasteiger partial charge in [-0.3, -0.25) is 4.79 Å². The molecule has 1 aromatic heterocycles. The number of piperidine rings is 1. The van der Waals surface area contributed by atoms with Gasteiger partial charge in [0.25, 0.3) is 5.91 Å². The van der Waals surface area contributed by atoms with Gasteiger partial charge in [0.15, 0.2) is 0 Å². The lowest BCUT2D eigenvalue weighted by Crippen LogP contribution is -2.37. The molecule has 6 heteroatoms. The van der Waals surface area contributed by atoms with E-state index in [0.29, 0.717) is 28.8 Å². The van der Waals surface area contributed by atoms with Crippen molar-refractivity contribution in [2.45, 2.75) is 25.4 Å². The van der Waals surface area contributed by atoms with Gasteiger partial charge in [-0.05, 0) is 55.6 Å². The molecule has 1 amide bonds. The molecule has 0 atom stereocenters. The van der Waals surface area contributed by atoms with Gasteiger partial charge in [0.1, 0.15) is 5.58 Å². The molecule has 2 heterocycles. The zero-order chi connectivity index (χ0) is 20.9. The number of fused-ring (bicyclic) bond motifs is 1. The first-order valence-corrected chi connectivity index (χ1v) is 10.4. The number of para-hydroxylation sites is 1. The fraction of sp³-hybridized carbons (Fsp3) is 0.333. The summed E-state index contributed by atoms with van der Waals surface area (Å²) in [5, 5.41) is 13.4. The van der Waals surface area contributed by atoms with E-state index in [1.165, 1.54) is 0 Å². The summed E-state index contributed by atoms with van der Waals surface area (Å²) in [5.41, 5.74) is 1.74. The van der Waals surface area contributed by atoms with Crippen LogP contribution < -0.4 is 10.9 Å². The number of aliphatic hydroxyl groups is 1. The van der Waals surface area contributed by atoms with Gasteiger partial charge < -0.3 is 19.7 Å². The van der Waals surface area contributed by atoms with Crippen LogP contribution >= 0.6 is 0 Å². The minimum Gasteiger partial charge on any atom is -0.422 e. The van der Waals surface area contributed by atoms with Crippen molar-refractivity contribution >= 4 is 16.9 Å². The molecule has 1 saturated heterocycles. The Hall–Kier alpha value is -2.96. The molecule has 0 saturated carbocycles. The Kier molecular flexibility index (Phi) is 6.26. The summed E-state index contributed by atoms with van der Waals surface area (Å²) in [7, 11) is 0. The zero-order valence-corrected chi connectivity index (χ0v) is 16.8. The highest BCUT2D eigenvalue weighted by molar-refractivity contribution is 5.95. The summed E-state index contributed by atoms with van der Waals surface area (Å²) in [5.74, 6) is -0.156. The molecule has 0 unspecified atom stereocenters. The summed E-state index contributed by atoms with van der Waals surface area (Å²) < 4.78 is 5.41. The van der Waals surface area contributed by atoms with Crippen LogP contribution in [0, 0.1) is 0 Å². The van der Waals surface area contributed by atoms with Gasteiger partial charge in [0.05, 0.1) is 11.7 Å². The second kappa shape index (κ2) is 9.24. The number of nitrogens with one attached hydrogen (secondary N) is 1. The molecule has 1 aliphatic rings. The lowest BCUT2D eigenvalue weighted by Gasteiger charge is -2.29. The smallest absolute Gasteiger partial charge is 0.344 e. The van der Waals surface area contributed by atoms with Crippen LogP contribution in [0.5, 0.6) is 0 Å². The van der Waals surface area contributed by atoms with Gasteiger partial charge in [0, 0.05) is 30.6 Å². The third kappa shape index (κ3) is 4.78. The van der Waals surface area contributed by atoms with Gasteiger partial charge in [-0.1, -0.05) is 30.3 Å². The van der Waals surface area contributed by atoms with E-state index in [0.717, 1.165) is 44.3 Å². The normalized spacial score (nSPS) is 15.4. The molecule has 2 N–H and O–H groups in total.